The van der Waals surface area contributed by atoms with Gasteiger partial charge in [0, 0.05) is 25.7 Å². The van der Waals surface area contributed by atoms with Gasteiger partial charge in [-0.2, -0.15) is 0 Å². The maximum absolute atomic E-state index is 13.7. The second-order valence-corrected chi connectivity index (χ2v) is 8.42. The Kier molecular flexibility index (Phi) is 7.12. The first-order chi connectivity index (χ1) is 17.7. The van der Waals surface area contributed by atoms with Crippen molar-refractivity contribution in [3.05, 3.63) is 108 Å². The van der Waals surface area contributed by atoms with Gasteiger partial charge in [0.25, 0.3) is 5.91 Å². The molecular formula is C28H27FN4O3. The summed E-state index contributed by atoms with van der Waals surface area (Å²) in [5.74, 6) is 1.78. The molecule has 4 aromatic rings. The Bertz CT molecular complexity index is 1310. The Morgan fingerprint density at radius 1 is 0.917 bits per heavy atom. The SMILES string of the molecule is O=C1c2c(nc(COc3cccc(F)c3)n2Cc2ccccc2)NCCN1CCOc1ccccc1. The highest BCUT2D eigenvalue weighted by Crippen LogP contribution is 2.25. The number of benzene rings is 3. The fourth-order valence-electron chi connectivity index (χ4n) is 4.15. The third-order valence-corrected chi connectivity index (χ3v) is 5.93. The zero-order valence-corrected chi connectivity index (χ0v) is 19.8. The number of rotatable bonds is 9. The van der Waals surface area contributed by atoms with Gasteiger partial charge in [-0.1, -0.05) is 54.6 Å². The summed E-state index contributed by atoms with van der Waals surface area (Å²) in [4.78, 5) is 20.2. The van der Waals surface area contributed by atoms with Crippen molar-refractivity contribution in [2.75, 3.05) is 31.6 Å². The molecule has 1 aliphatic rings. The highest BCUT2D eigenvalue weighted by Gasteiger charge is 2.30. The highest BCUT2D eigenvalue weighted by atomic mass is 19.1. The van der Waals surface area contributed by atoms with E-state index in [0.717, 1.165) is 11.3 Å². The van der Waals surface area contributed by atoms with Gasteiger partial charge in [-0.15, -0.1) is 0 Å². The van der Waals surface area contributed by atoms with Crippen LogP contribution >= 0.6 is 0 Å². The smallest absolute Gasteiger partial charge is 0.274 e. The molecule has 7 nitrogen and oxygen atoms in total. The fourth-order valence-corrected chi connectivity index (χ4v) is 4.15. The molecule has 1 aromatic heterocycles. The van der Waals surface area contributed by atoms with Gasteiger partial charge in [-0.05, 0) is 29.8 Å². The summed E-state index contributed by atoms with van der Waals surface area (Å²) in [5, 5.41) is 3.30. The van der Waals surface area contributed by atoms with Gasteiger partial charge in [0.2, 0.25) is 0 Å². The number of halogens is 1. The van der Waals surface area contributed by atoms with Gasteiger partial charge in [0.15, 0.2) is 11.5 Å². The van der Waals surface area contributed by atoms with Gasteiger partial charge < -0.3 is 24.3 Å². The summed E-state index contributed by atoms with van der Waals surface area (Å²) < 4.78 is 27.2. The largest absolute Gasteiger partial charge is 0.492 e. The van der Waals surface area contributed by atoms with E-state index in [1.165, 1.54) is 12.1 Å². The summed E-state index contributed by atoms with van der Waals surface area (Å²) in [7, 11) is 0. The van der Waals surface area contributed by atoms with Crippen molar-refractivity contribution in [1.82, 2.24) is 14.5 Å². The van der Waals surface area contributed by atoms with Crippen LogP contribution in [0.1, 0.15) is 21.9 Å². The van der Waals surface area contributed by atoms with Gasteiger partial charge in [-0.25, -0.2) is 9.37 Å². The predicted molar refractivity (Wildman–Crippen MR) is 135 cm³/mol. The van der Waals surface area contributed by atoms with Crippen LogP contribution in [0.2, 0.25) is 0 Å². The van der Waals surface area contributed by atoms with Crippen LogP contribution in [0.5, 0.6) is 11.5 Å². The number of carbonyl (C=O) groups excluding carboxylic acids is 1. The van der Waals surface area contributed by atoms with Gasteiger partial charge in [-0.3, -0.25) is 4.79 Å². The van der Waals surface area contributed by atoms with E-state index in [2.05, 4.69) is 5.32 Å². The number of hydrogen-bond acceptors (Lipinski definition) is 5. The minimum Gasteiger partial charge on any atom is -0.492 e. The number of para-hydroxylation sites is 1. The van der Waals surface area contributed by atoms with Gasteiger partial charge in [0.05, 0.1) is 6.54 Å². The summed E-state index contributed by atoms with van der Waals surface area (Å²) >= 11 is 0. The van der Waals surface area contributed by atoms with Crippen molar-refractivity contribution < 1.29 is 18.7 Å². The third kappa shape index (κ3) is 5.49. The maximum Gasteiger partial charge on any atom is 0.274 e. The summed E-state index contributed by atoms with van der Waals surface area (Å²) in [6, 6.07) is 25.4. The molecule has 36 heavy (non-hydrogen) atoms. The summed E-state index contributed by atoms with van der Waals surface area (Å²) in [6.45, 7) is 2.47. The first-order valence-corrected chi connectivity index (χ1v) is 11.9. The number of amides is 1. The molecule has 0 spiro atoms. The van der Waals surface area contributed by atoms with Gasteiger partial charge >= 0.3 is 0 Å². The van der Waals surface area contributed by atoms with Crippen molar-refractivity contribution >= 4 is 11.7 Å². The molecule has 5 rings (SSSR count). The lowest BCUT2D eigenvalue weighted by Gasteiger charge is -2.22. The fraction of sp³-hybridized carbons (Fsp3) is 0.214. The standard InChI is InChI=1S/C28H27FN4O3/c29-22-10-7-13-24(18-22)36-20-25-31-27-26(33(25)19-21-8-3-1-4-9-21)28(34)32(15-14-30-27)16-17-35-23-11-5-2-6-12-23/h1-13,18,30H,14-17,19-20H2. The van der Waals surface area contributed by atoms with Crippen LogP contribution < -0.4 is 14.8 Å². The quantitative estimate of drug-likeness (QED) is 0.375. The van der Waals surface area contributed by atoms with E-state index in [-0.39, 0.29) is 18.3 Å². The van der Waals surface area contributed by atoms with Crippen molar-refractivity contribution in [3.8, 4) is 11.5 Å². The first kappa shape index (κ1) is 23.4. The van der Waals surface area contributed by atoms with E-state index in [1.807, 2.05) is 65.2 Å². The molecular weight excluding hydrogens is 459 g/mol. The average molecular weight is 487 g/mol. The van der Waals surface area contributed by atoms with Crippen LogP contribution in [0.3, 0.4) is 0 Å². The lowest BCUT2D eigenvalue weighted by atomic mass is 10.2. The minimum absolute atomic E-state index is 0.0926. The Balaban J connectivity index is 1.39. The second-order valence-electron chi connectivity index (χ2n) is 8.42. The third-order valence-electron chi connectivity index (χ3n) is 5.93. The molecule has 1 amide bonds. The molecule has 0 saturated heterocycles. The molecule has 0 unspecified atom stereocenters. The van der Waals surface area contributed by atoms with Crippen molar-refractivity contribution in [2.24, 2.45) is 0 Å². The number of carbonyl (C=O) groups is 1. The number of ether oxygens (including phenoxy) is 2. The van der Waals surface area contributed by atoms with Gasteiger partial charge in [0.1, 0.15) is 36.4 Å². The van der Waals surface area contributed by atoms with Crippen LogP contribution in [0.25, 0.3) is 0 Å². The van der Waals surface area contributed by atoms with Crippen LogP contribution in [-0.4, -0.2) is 46.6 Å². The molecule has 0 bridgehead atoms. The first-order valence-electron chi connectivity index (χ1n) is 11.9. The molecule has 0 fully saturated rings. The molecule has 1 aliphatic heterocycles. The number of anilines is 1. The van der Waals surface area contributed by atoms with Crippen LogP contribution in [0, 0.1) is 5.82 Å². The lowest BCUT2D eigenvalue weighted by Crippen LogP contribution is -2.37. The van der Waals surface area contributed by atoms with Crippen LogP contribution in [-0.2, 0) is 13.2 Å². The van der Waals surface area contributed by atoms with E-state index in [1.54, 1.807) is 17.0 Å². The van der Waals surface area contributed by atoms with Crippen LogP contribution in [0.4, 0.5) is 10.2 Å². The predicted octanol–water partition coefficient (Wildman–Crippen LogP) is 4.60. The van der Waals surface area contributed by atoms with E-state index < -0.39 is 0 Å². The molecule has 0 saturated carbocycles. The molecule has 3 aromatic carbocycles. The summed E-state index contributed by atoms with van der Waals surface area (Å²) in [5.41, 5.74) is 1.51. The van der Waals surface area contributed by atoms with Crippen LogP contribution in [0.15, 0.2) is 84.9 Å². The monoisotopic (exact) mass is 486 g/mol. The minimum atomic E-state index is -0.374. The normalized spacial score (nSPS) is 13.0. The Labute approximate surface area is 209 Å². The molecule has 1 N–H and O–H groups in total. The van der Waals surface area contributed by atoms with E-state index in [4.69, 9.17) is 14.5 Å². The molecule has 2 heterocycles. The summed E-state index contributed by atoms with van der Waals surface area (Å²) in [6.07, 6.45) is 0. The molecule has 0 radical (unpaired) electrons. The topological polar surface area (TPSA) is 68.6 Å². The van der Waals surface area contributed by atoms with E-state index >= 15 is 0 Å². The molecule has 184 valence electrons. The van der Waals surface area contributed by atoms with E-state index in [9.17, 15) is 9.18 Å². The number of imidazole rings is 1. The van der Waals surface area contributed by atoms with Crippen molar-refractivity contribution in [1.29, 1.82) is 0 Å². The number of fused-ring (bicyclic) bond motifs is 1. The number of nitrogens with zero attached hydrogens (tertiary/aromatic N) is 3. The molecule has 0 aliphatic carbocycles. The lowest BCUT2D eigenvalue weighted by molar-refractivity contribution is 0.0732. The number of nitrogens with one attached hydrogen (secondary N) is 1. The van der Waals surface area contributed by atoms with Crippen molar-refractivity contribution in [3.63, 3.8) is 0 Å². The Morgan fingerprint density at radius 2 is 1.67 bits per heavy atom. The maximum atomic E-state index is 13.7. The van der Waals surface area contributed by atoms with Crippen molar-refractivity contribution in [2.45, 2.75) is 13.2 Å². The zero-order valence-electron chi connectivity index (χ0n) is 19.8. The number of aromatic nitrogens is 2. The molecule has 8 heteroatoms. The average Bonchev–Trinajstić information content (AvgIpc) is 3.15. The molecule has 0 atom stereocenters. The zero-order chi connectivity index (χ0) is 24.7. The Morgan fingerprint density at radius 3 is 2.44 bits per heavy atom. The second kappa shape index (κ2) is 10.9. The van der Waals surface area contributed by atoms with E-state index in [0.29, 0.717) is 55.9 Å². The highest BCUT2D eigenvalue weighted by molar-refractivity contribution is 5.98. The number of hydrogen-bond donors (Lipinski definition) is 1. The Hall–Kier alpha value is -4.33.